The van der Waals surface area contributed by atoms with Crippen molar-refractivity contribution in [1.82, 2.24) is 9.97 Å². The summed E-state index contributed by atoms with van der Waals surface area (Å²) < 4.78 is 38.1. The maximum absolute atomic E-state index is 12.7. The Hall–Kier alpha value is -1.61. The minimum absolute atomic E-state index is 0.0114. The van der Waals surface area contributed by atoms with Gasteiger partial charge >= 0.3 is 6.18 Å². The highest BCUT2D eigenvalue weighted by Crippen LogP contribution is 2.30. The zero-order valence-corrected chi connectivity index (χ0v) is 11.3. The Morgan fingerprint density at radius 3 is 2.62 bits per heavy atom. The lowest BCUT2D eigenvalue weighted by Gasteiger charge is -2.27. The van der Waals surface area contributed by atoms with Gasteiger partial charge in [0.15, 0.2) is 5.69 Å². The molecule has 1 fully saturated rings. The Kier molecular flexibility index (Phi) is 4.84. The number of hydrogen-bond donors (Lipinski definition) is 4. The van der Waals surface area contributed by atoms with E-state index in [-0.39, 0.29) is 17.7 Å². The minimum atomic E-state index is -4.57. The molecule has 0 amide bonds. The number of nitrogens with two attached hydrogens (primary N) is 1. The van der Waals surface area contributed by atoms with E-state index in [2.05, 4.69) is 15.3 Å². The maximum Gasteiger partial charge on any atom is 0.433 e. The van der Waals surface area contributed by atoms with Gasteiger partial charge in [-0.15, -0.1) is 0 Å². The van der Waals surface area contributed by atoms with Gasteiger partial charge in [-0.3, -0.25) is 5.43 Å². The van der Waals surface area contributed by atoms with Crippen LogP contribution in [0.15, 0.2) is 6.07 Å². The average Bonchev–Trinajstić information content (AvgIpc) is 2.45. The smallest absolute Gasteiger partial charge is 0.393 e. The molecule has 2 rings (SSSR count). The van der Waals surface area contributed by atoms with Crippen LogP contribution in [0.2, 0.25) is 0 Å². The number of alkyl halides is 3. The van der Waals surface area contributed by atoms with Gasteiger partial charge in [-0.05, 0) is 12.8 Å². The molecule has 0 aliphatic heterocycles. The molecule has 118 valence electrons. The molecule has 21 heavy (non-hydrogen) atoms. The third kappa shape index (κ3) is 4.18. The number of nitrogen functional groups attached to an aromatic ring is 1. The molecular weight excluding hydrogens is 287 g/mol. The number of anilines is 2. The van der Waals surface area contributed by atoms with Crippen molar-refractivity contribution >= 4 is 11.8 Å². The third-order valence-electron chi connectivity index (χ3n) is 3.56. The first kappa shape index (κ1) is 15.8. The second-order valence-corrected chi connectivity index (χ2v) is 5.10. The number of aliphatic hydroxyl groups excluding tert-OH is 1. The number of hydrogen-bond acceptors (Lipinski definition) is 6. The molecule has 0 aromatic carbocycles. The van der Waals surface area contributed by atoms with E-state index >= 15 is 0 Å². The molecule has 1 saturated carbocycles. The van der Waals surface area contributed by atoms with Crippen molar-refractivity contribution in [2.24, 2.45) is 11.8 Å². The normalized spacial score (nSPS) is 22.9. The van der Waals surface area contributed by atoms with Crippen molar-refractivity contribution in [2.45, 2.75) is 38.0 Å². The van der Waals surface area contributed by atoms with Crippen molar-refractivity contribution in [1.29, 1.82) is 0 Å². The SMILES string of the molecule is NNc1nc(NCC2CCCCC2O)cc(C(F)(F)F)n1. The Balaban J connectivity index is 2.08. The number of nitrogens with zero attached hydrogens (tertiary/aromatic N) is 2. The van der Waals surface area contributed by atoms with Crippen LogP contribution in [0.1, 0.15) is 31.4 Å². The lowest BCUT2D eigenvalue weighted by Crippen LogP contribution is -2.30. The molecule has 6 nitrogen and oxygen atoms in total. The van der Waals surface area contributed by atoms with Gasteiger partial charge in [-0.25, -0.2) is 10.8 Å². The van der Waals surface area contributed by atoms with E-state index in [1.165, 1.54) is 0 Å². The summed E-state index contributed by atoms with van der Waals surface area (Å²) in [5.74, 6) is 4.82. The number of aromatic nitrogens is 2. The number of halogens is 3. The Labute approximate surface area is 119 Å². The van der Waals surface area contributed by atoms with Crippen molar-refractivity contribution in [2.75, 3.05) is 17.3 Å². The van der Waals surface area contributed by atoms with E-state index in [1.54, 1.807) is 0 Å². The van der Waals surface area contributed by atoms with Crippen LogP contribution >= 0.6 is 0 Å². The Morgan fingerprint density at radius 1 is 1.29 bits per heavy atom. The van der Waals surface area contributed by atoms with Gasteiger partial charge in [-0.2, -0.15) is 18.2 Å². The molecule has 0 spiro atoms. The molecule has 0 radical (unpaired) electrons. The Bertz CT molecular complexity index is 482. The summed E-state index contributed by atoms with van der Waals surface area (Å²) >= 11 is 0. The molecular formula is C12H18F3N5O. The van der Waals surface area contributed by atoms with Crippen molar-refractivity contribution < 1.29 is 18.3 Å². The molecule has 0 saturated heterocycles. The molecule has 0 bridgehead atoms. The number of nitrogens with one attached hydrogen (secondary N) is 2. The van der Waals surface area contributed by atoms with Crippen LogP contribution in [0.25, 0.3) is 0 Å². The van der Waals surface area contributed by atoms with Crippen LogP contribution in [0, 0.1) is 5.92 Å². The fraction of sp³-hybridized carbons (Fsp3) is 0.667. The molecule has 2 atom stereocenters. The largest absolute Gasteiger partial charge is 0.433 e. The van der Waals surface area contributed by atoms with Crippen LogP contribution < -0.4 is 16.6 Å². The third-order valence-corrected chi connectivity index (χ3v) is 3.56. The summed E-state index contributed by atoms with van der Waals surface area (Å²) in [6.45, 7) is 0.361. The molecule has 2 unspecified atom stereocenters. The van der Waals surface area contributed by atoms with Crippen LogP contribution in [0.5, 0.6) is 0 Å². The zero-order chi connectivity index (χ0) is 15.5. The second kappa shape index (κ2) is 6.44. The molecule has 1 aliphatic carbocycles. The minimum Gasteiger partial charge on any atom is -0.393 e. The lowest BCUT2D eigenvalue weighted by atomic mass is 9.86. The first-order chi connectivity index (χ1) is 9.90. The van der Waals surface area contributed by atoms with Gasteiger partial charge < -0.3 is 10.4 Å². The standard InChI is InChI=1S/C12H18F3N5O/c13-12(14,15)9-5-10(19-11(18-9)20-16)17-6-7-3-1-2-4-8(7)21/h5,7-8,21H,1-4,6,16H2,(H2,17,18,19,20). The van der Waals surface area contributed by atoms with Crippen LogP contribution in [-0.2, 0) is 6.18 Å². The van der Waals surface area contributed by atoms with Gasteiger partial charge in [0.05, 0.1) is 6.10 Å². The van der Waals surface area contributed by atoms with E-state index in [9.17, 15) is 18.3 Å². The lowest BCUT2D eigenvalue weighted by molar-refractivity contribution is -0.141. The molecule has 5 N–H and O–H groups in total. The maximum atomic E-state index is 12.7. The highest BCUT2D eigenvalue weighted by Gasteiger charge is 2.34. The predicted molar refractivity (Wildman–Crippen MR) is 71.3 cm³/mol. The van der Waals surface area contributed by atoms with E-state index in [4.69, 9.17) is 5.84 Å². The van der Waals surface area contributed by atoms with Crippen molar-refractivity contribution in [3.8, 4) is 0 Å². The monoisotopic (exact) mass is 305 g/mol. The number of aliphatic hydroxyl groups is 1. The van der Waals surface area contributed by atoms with Gasteiger partial charge in [-0.1, -0.05) is 12.8 Å². The second-order valence-electron chi connectivity index (χ2n) is 5.10. The van der Waals surface area contributed by atoms with E-state index in [1.807, 2.05) is 5.43 Å². The predicted octanol–water partition coefficient (Wildman–Crippen LogP) is 1.74. The molecule has 9 heteroatoms. The highest BCUT2D eigenvalue weighted by molar-refractivity contribution is 5.42. The summed E-state index contributed by atoms with van der Waals surface area (Å²) in [6.07, 6.45) is -1.45. The molecule has 1 heterocycles. The van der Waals surface area contributed by atoms with Gasteiger partial charge in [0.1, 0.15) is 5.82 Å². The average molecular weight is 305 g/mol. The van der Waals surface area contributed by atoms with Crippen LogP contribution in [-0.4, -0.2) is 27.7 Å². The van der Waals surface area contributed by atoms with Crippen molar-refractivity contribution in [3.63, 3.8) is 0 Å². The Morgan fingerprint density at radius 2 is 2.00 bits per heavy atom. The number of hydrazine groups is 1. The number of rotatable bonds is 4. The summed E-state index contributed by atoms with van der Waals surface area (Å²) in [4.78, 5) is 7.11. The summed E-state index contributed by atoms with van der Waals surface area (Å²) in [7, 11) is 0. The topological polar surface area (TPSA) is 96.1 Å². The fourth-order valence-electron chi connectivity index (χ4n) is 2.41. The van der Waals surface area contributed by atoms with Crippen LogP contribution in [0.4, 0.5) is 24.9 Å². The first-order valence-corrected chi connectivity index (χ1v) is 6.75. The van der Waals surface area contributed by atoms with Gasteiger partial charge in [0.25, 0.3) is 0 Å². The van der Waals surface area contributed by atoms with Gasteiger partial charge in [0, 0.05) is 18.5 Å². The molecule has 1 aliphatic rings. The van der Waals surface area contributed by atoms with Crippen LogP contribution in [0.3, 0.4) is 0 Å². The van der Waals surface area contributed by atoms with E-state index in [0.29, 0.717) is 6.54 Å². The fourth-order valence-corrected chi connectivity index (χ4v) is 2.41. The van der Waals surface area contributed by atoms with E-state index in [0.717, 1.165) is 31.7 Å². The zero-order valence-electron chi connectivity index (χ0n) is 11.3. The first-order valence-electron chi connectivity index (χ1n) is 6.75. The van der Waals surface area contributed by atoms with E-state index < -0.39 is 18.0 Å². The highest BCUT2D eigenvalue weighted by atomic mass is 19.4. The molecule has 1 aromatic heterocycles. The summed E-state index contributed by atoms with van der Waals surface area (Å²) in [5.41, 5.74) is 0.943. The van der Waals surface area contributed by atoms with Gasteiger partial charge in [0.2, 0.25) is 5.95 Å². The summed E-state index contributed by atoms with van der Waals surface area (Å²) in [6, 6.07) is 0.829. The quantitative estimate of drug-likeness (QED) is 0.500. The summed E-state index contributed by atoms with van der Waals surface area (Å²) in [5, 5.41) is 12.7. The van der Waals surface area contributed by atoms with Crippen molar-refractivity contribution in [3.05, 3.63) is 11.8 Å². The molecule has 1 aromatic rings.